The van der Waals surface area contributed by atoms with Gasteiger partial charge in [-0.15, -0.1) is 24.0 Å². The van der Waals surface area contributed by atoms with E-state index in [1.165, 1.54) is 6.07 Å². The van der Waals surface area contributed by atoms with Crippen molar-refractivity contribution in [1.82, 2.24) is 10.2 Å². The topological polar surface area (TPSA) is 70.8 Å². The molecular formula is C16H25IN4O2S. The molecule has 0 aromatic heterocycles. The highest BCUT2D eigenvalue weighted by Gasteiger charge is 2.24. The van der Waals surface area contributed by atoms with Gasteiger partial charge >= 0.3 is 0 Å². The molecule has 1 heterocycles. The van der Waals surface area contributed by atoms with Gasteiger partial charge in [0.2, 0.25) is 0 Å². The molecule has 0 saturated carbocycles. The van der Waals surface area contributed by atoms with Gasteiger partial charge in [0.25, 0.3) is 5.69 Å². The van der Waals surface area contributed by atoms with E-state index in [2.05, 4.69) is 29.1 Å². The highest BCUT2D eigenvalue weighted by atomic mass is 127. The van der Waals surface area contributed by atoms with Crippen LogP contribution in [0.1, 0.15) is 19.4 Å². The van der Waals surface area contributed by atoms with Crippen LogP contribution in [0.2, 0.25) is 0 Å². The summed E-state index contributed by atoms with van der Waals surface area (Å²) in [5, 5.41) is 14.8. The number of hydrogen-bond acceptors (Lipinski definition) is 4. The van der Waals surface area contributed by atoms with Crippen LogP contribution in [-0.4, -0.2) is 46.9 Å². The molecule has 2 rings (SSSR count). The fourth-order valence-corrected chi connectivity index (χ4v) is 3.86. The van der Waals surface area contributed by atoms with Gasteiger partial charge in [0, 0.05) is 49.8 Å². The van der Waals surface area contributed by atoms with Gasteiger partial charge in [-0.2, -0.15) is 11.8 Å². The molecule has 1 N–H and O–H groups in total. The Bertz CT molecular complexity index is 583. The molecule has 0 radical (unpaired) electrons. The number of nitro benzene ring substituents is 1. The van der Waals surface area contributed by atoms with Gasteiger partial charge in [-0.1, -0.05) is 26.0 Å². The Morgan fingerprint density at radius 1 is 1.54 bits per heavy atom. The first-order valence-corrected chi connectivity index (χ1v) is 8.86. The average Bonchev–Trinajstić information content (AvgIpc) is 2.56. The number of nitro groups is 1. The zero-order valence-electron chi connectivity index (χ0n) is 14.3. The van der Waals surface area contributed by atoms with E-state index in [-0.39, 0.29) is 34.6 Å². The first-order chi connectivity index (χ1) is 11.0. The maximum absolute atomic E-state index is 10.8. The first kappa shape index (κ1) is 21.0. The number of rotatable bonds is 4. The van der Waals surface area contributed by atoms with Crippen molar-refractivity contribution in [3.8, 4) is 0 Å². The van der Waals surface area contributed by atoms with Crippen molar-refractivity contribution in [3.05, 3.63) is 39.9 Å². The number of non-ortho nitro benzene ring substituents is 1. The van der Waals surface area contributed by atoms with Crippen molar-refractivity contribution in [3.63, 3.8) is 0 Å². The molecule has 24 heavy (non-hydrogen) atoms. The van der Waals surface area contributed by atoms with Crippen molar-refractivity contribution in [2.75, 3.05) is 25.9 Å². The van der Waals surface area contributed by atoms with Crippen molar-refractivity contribution < 1.29 is 4.92 Å². The third-order valence-corrected chi connectivity index (χ3v) is 5.46. The smallest absolute Gasteiger partial charge is 0.269 e. The molecule has 1 aliphatic heterocycles. The zero-order chi connectivity index (χ0) is 16.8. The molecule has 1 saturated heterocycles. The molecule has 1 atom stereocenters. The SMILES string of the molecule is CN=C(NCc1cccc([N+](=O)[O-])c1)N1CCSC(C(C)C)C1.I. The van der Waals surface area contributed by atoms with Crippen LogP contribution in [0.25, 0.3) is 0 Å². The summed E-state index contributed by atoms with van der Waals surface area (Å²) in [6.45, 7) is 6.99. The van der Waals surface area contributed by atoms with Crippen molar-refractivity contribution in [2.24, 2.45) is 10.9 Å². The molecule has 1 fully saturated rings. The van der Waals surface area contributed by atoms with E-state index >= 15 is 0 Å². The molecule has 0 spiro atoms. The van der Waals surface area contributed by atoms with Gasteiger partial charge in [-0.25, -0.2) is 0 Å². The Labute approximate surface area is 164 Å². The lowest BCUT2D eigenvalue weighted by Crippen LogP contribution is -2.48. The minimum atomic E-state index is -0.368. The van der Waals surface area contributed by atoms with E-state index in [4.69, 9.17) is 0 Å². The summed E-state index contributed by atoms with van der Waals surface area (Å²) in [6, 6.07) is 6.71. The summed E-state index contributed by atoms with van der Waals surface area (Å²) < 4.78 is 0. The van der Waals surface area contributed by atoms with Crippen molar-refractivity contribution in [2.45, 2.75) is 25.6 Å². The monoisotopic (exact) mass is 464 g/mol. The van der Waals surface area contributed by atoms with Gasteiger partial charge in [-0.3, -0.25) is 15.1 Å². The fraction of sp³-hybridized carbons (Fsp3) is 0.562. The molecule has 1 aromatic carbocycles. The van der Waals surface area contributed by atoms with Crippen LogP contribution in [0.3, 0.4) is 0 Å². The summed E-state index contributed by atoms with van der Waals surface area (Å²) in [5.74, 6) is 2.60. The number of nitrogens with zero attached hydrogens (tertiary/aromatic N) is 3. The number of nitrogens with one attached hydrogen (secondary N) is 1. The van der Waals surface area contributed by atoms with Gasteiger partial charge < -0.3 is 10.2 Å². The standard InChI is InChI=1S/C16H24N4O2S.HI/c1-12(2)15-11-19(7-8-23-15)16(17-3)18-10-13-5-4-6-14(9-13)20(21)22;/h4-6,9,12,15H,7-8,10-11H2,1-3H3,(H,17,18);1H. The van der Waals surface area contributed by atoms with Gasteiger partial charge in [0.15, 0.2) is 5.96 Å². The zero-order valence-corrected chi connectivity index (χ0v) is 17.4. The average molecular weight is 464 g/mol. The quantitative estimate of drug-likeness (QED) is 0.243. The minimum absolute atomic E-state index is 0. The minimum Gasteiger partial charge on any atom is -0.352 e. The highest BCUT2D eigenvalue weighted by molar-refractivity contribution is 14.0. The van der Waals surface area contributed by atoms with Crippen LogP contribution in [0.5, 0.6) is 0 Å². The molecule has 0 aliphatic carbocycles. The Morgan fingerprint density at radius 3 is 2.92 bits per heavy atom. The van der Waals surface area contributed by atoms with Crippen LogP contribution < -0.4 is 5.32 Å². The summed E-state index contributed by atoms with van der Waals surface area (Å²) in [5.41, 5.74) is 1.00. The maximum Gasteiger partial charge on any atom is 0.269 e. The number of aliphatic imine (C=N–C) groups is 1. The molecular weight excluding hydrogens is 439 g/mol. The largest absolute Gasteiger partial charge is 0.352 e. The molecule has 1 aliphatic rings. The lowest BCUT2D eigenvalue weighted by molar-refractivity contribution is -0.384. The van der Waals surface area contributed by atoms with Gasteiger partial charge in [-0.05, 0) is 11.5 Å². The fourth-order valence-electron chi connectivity index (χ4n) is 2.56. The van der Waals surface area contributed by atoms with Crippen LogP contribution in [0, 0.1) is 16.0 Å². The van der Waals surface area contributed by atoms with Gasteiger partial charge in [0.05, 0.1) is 4.92 Å². The normalized spacial score (nSPS) is 18.2. The second kappa shape index (κ2) is 10.1. The molecule has 134 valence electrons. The van der Waals surface area contributed by atoms with Crippen LogP contribution in [-0.2, 0) is 6.54 Å². The second-order valence-corrected chi connectivity index (χ2v) is 7.27. The number of halogens is 1. The Morgan fingerprint density at radius 2 is 2.29 bits per heavy atom. The number of thioether (sulfide) groups is 1. The van der Waals surface area contributed by atoms with E-state index in [9.17, 15) is 10.1 Å². The van der Waals surface area contributed by atoms with E-state index < -0.39 is 0 Å². The van der Waals surface area contributed by atoms with Crippen LogP contribution in [0.4, 0.5) is 5.69 Å². The predicted molar refractivity (Wildman–Crippen MR) is 111 cm³/mol. The number of hydrogen-bond donors (Lipinski definition) is 1. The molecule has 1 unspecified atom stereocenters. The predicted octanol–water partition coefficient (Wildman–Crippen LogP) is 3.36. The lowest BCUT2D eigenvalue weighted by atomic mass is 10.1. The summed E-state index contributed by atoms with van der Waals surface area (Å²) in [4.78, 5) is 17.1. The third-order valence-electron chi connectivity index (χ3n) is 3.92. The van der Waals surface area contributed by atoms with E-state index in [1.807, 2.05) is 17.8 Å². The molecule has 0 amide bonds. The number of guanidine groups is 1. The van der Waals surface area contributed by atoms with Gasteiger partial charge in [0.1, 0.15) is 0 Å². The molecule has 8 heteroatoms. The first-order valence-electron chi connectivity index (χ1n) is 7.81. The van der Waals surface area contributed by atoms with Crippen LogP contribution >= 0.6 is 35.7 Å². The molecule has 0 bridgehead atoms. The lowest BCUT2D eigenvalue weighted by Gasteiger charge is -2.36. The third kappa shape index (κ3) is 5.80. The summed E-state index contributed by atoms with van der Waals surface area (Å²) in [7, 11) is 1.78. The van der Waals surface area contributed by atoms with Crippen molar-refractivity contribution in [1.29, 1.82) is 0 Å². The van der Waals surface area contributed by atoms with Crippen LogP contribution in [0.15, 0.2) is 29.3 Å². The number of benzene rings is 1. The molecule has 6 nitrogen and oxygen atoms in total. The second-order valence-electron chi connectivity index (χ2n) is 5.93. The van der Waals surface area contributed by atoms with E-state index in [0.717, 1.165) is 30.4 Å². The highest BCUT2D eigenvalue weighted by Crippen LogP contribution is 2.24. The summed E-state index contributed by atoms with van der Waals surface area (Å²) >= 11 is 2.02. The van der Waals surface area contributed by atoms with E-state index in [0.29, 0.717) is 17.7 Å². The maximum atomic E-state index is 10.8. The molecule has 1 aromatic rings. The Kier molecular flexibility index (Phi) is 8.82. The Balaban J connectivity index is 0.00000288. The summed E-state index contributed by atoms with van der Waals surface area (Å²) in [6.07, 6.45) is 0. The van der Waals surface area contributed by atoms with E-state index in [1.54, 1.807) is 19.2 Å². The van der Waals surface area contributed by atoms with Crippen molar-refractivity contribution >= 4 is 47.4 Å². The Hall–Kier alpha value is -1.03.